The number of fused-ring (bicyclic) bond motifs is 1. The van der Waals surface area contributed by atoms with E-state index in [0.717, 1.165) is 53.9 Å². The normalized spacial score (nSPS) is 16.0. The summed E-state index contributed by atoms with van der Waals surface area (Å²) in [6.45, 7) is 6.40. The number of amides is 1. The molecule has 0 saturated carbocycles. The van der Waals surface area contributed by atoms with Crippen molar-refractivity contribution in [3.8, 4) is 22.6 Å². The summed E-state index contributed by atoms with van der Waals surface area (Å²) in [6, 6.07) is 17.8. The topological polar surface area (TPSA) is 89.5 Å². The molecule has 2 aromatic carbocycles. The summed E-state index contributed by atoms with van der Waals surface area (Å²) in [4.78, 5) is 24.0. The highest BCUT2D eigenvalue weighted by molar-refractivity contribution is 6.01. The molecule has 1 fully saturated rings. The molecule has 0 unspecified atom stereocenters. The molecule has 1 amide bonds. The predicted octanol–water partition coefficient (Wildman–Crippen LogP) is 4.44. The molecule has 3 heterocycles. The molecule has 0 aliphatic carbocycles. The Labute approximate surface area is 204 Å². The van der Waals surface area contributed by atoms with Crippen molar-refractivity contribution in [2.45, 2.75) is 32.7 Å². The Morgan fingerprint density at radius 3 is 2.57 bits per heavy atom. The standard InChI is InChI=1S/C27H30N6O2/c1-3-31-15-7-8-21(31)16-32(19(2)34)33-17-24(25-26(28)29-18-30-27(25)33)20-11-13-23(14-12-20)35-22-9-5-4-6-10-22/h4-6,9-14,17-18,21H,3,7-8,15-16H2,1-2H3,(H2,28,29,30)/t21-/m1/s1. The molecule has 0 spiro atoms. The molecule has 8 nitrogen and oxygen atoms in total. The number of nitrogen functional groups attached to an aromatic ring is 1. The van der Waals surface area contributed by atoms with Gasteiger partial charge in [0.2, 0.25) is 5.91 Å². The average molecular weight is 471 g/mol. The highest BCUT2D eigenvalue weighted by atomic mass is 16.5. The molecule has 4 aromatic rings. The Balaban J connectivity index is 1.51. The van der Waals surface area contributed by atoms with Crippen molar-refractivity contribution < 1.29 is 9.53 Å². The SMILES string of the molecule is CCN1CCC[C@@H]1CN(C(C)=O)n1cc(-c2ccc(Oc3ccccc3)cc2)c2c(N)ncnc21. The summed E-state index contributed by atoms with van der Waals surface area (Å²) in [5.74, 6) is 1.85. The first-order valence-electron chi connectivity index (χ1n) is 12.0. The van der Waals surface area contributed by atoms with Crippen molar-refractivity contribution in [1.29, 1.82) is 0 Å². The smallest absolute Gasteiger partial charge is 0.238 e. The van der Waals surface area contributed by atoms with E-state index in [2.05, 4.69) is 21.8 Å². The maximum absolute atomic E-state index is 12.8. The van der Waals surface area contributed by atoms with E-state index in [1.54, 1.807) is 11.9 Å². The summed E-state index contributed by atoms with van der Waals surface area (Å²) >= 11 is 0. The van der Waals surface area contributed by atoms with E-state index in [0.29, 0.717) is 24.1 Å². The fraction of sp³-hybridized carbons (Fsp3) is 0.296. The van der Waals surface area contributed by atoms with Gasteiger partial charge in [-0.15, -0.1) is 0 Å². The number of carbonyl (C=O) groups excluding carboxylic acids is 1. The first-order chi connectivity index (χ1) is 17.0. The first-order valence-corrected chi connectivity index (χ1v) is 12.0. The van der Waals surface area contributed by atoms with E-state index >= 15 is 0 Å². The second-order valence-electron chi connectivity index (χ2n) is 8.81. The molecule has 1 saturated heterocycles. The third-order valence-electron chi connectivity index (χ3n) is 6.65. The monoisotopic (exact) mass is 470 g/mol. The van der Waals surface area contributed by atoms with Gasteiger partial charge in [-0.1, -0.05) is 37.3 Å². The van der Waals surface area contributed by atoms with Crippen LogP contribution in [0.4, 0.5) is 5.82 Å². The van der Waals surface area contributed by atoms with Gasteiger partial charge < -0.3 is 10.5 Å². The Hall–Kier alpha value is -3.91. The number of nitrogens with two attached hydrogens (primary N) is 1. The van der Waals surface area contributed by atoms with Gasteiger partial charge in [-0.05, 0) is 55.8 Å². The van der Waals surface area contributed by atoms with Crippen molar-refractivity contribution in [2.24, 2.45) is 0 Å². The number of aromatic nitrogens is 3. The molecule has 0 bridgehead atoms. The third-order valence-corrected chi connectivity index (χ3v) is 6.65. The Morgan fingerprint density at radius 2 is 1.86 bits per heavy atom. The zero-order chi connectivity index (χ0) is 24.4. The lowest BCUT2D eigenvalue weighted by atomic mass is 10.1. The minimum Gasteiger partial charge on any atom is -0.457 e. The number of anilines is 1. The molecule has 0 radical (unpaired) electrons. The van der Waals surface area contributed by atoms with Crippen LogP contribution in [0.5, 0.6) is 11.5 Å². The molecule has 5 rings (SSSR count). The van der Waals surface area contributed by atoms with Gasteiger partial charge in [-0.2, -0.15) is 0 Å². The number of hydrogen-bond donors (Lipinski definition) is 1. The molecular formula is C27H30N6O2. The van der Waals surface area contributed by atoms with Crippen LogP contribution in [0, 0.1) is 0 Å². The lowest BCUT2D eigenvalue weighted by molar-refractivity contribution is -0.118. The lowest BCUT2D eigenvalue weighted by Crippen LogP contribution is -2.47. The Bertz CT molecular complexity index is 1320. The predicted molar refractivity (Wildman–Crippen MR) is 138 cm³/mol. The van der Waals surface area contributed by atoms with E-state index in [-0.39, 0.29) is 5.91 Å². The number of nitrogens with zero attached hydrogens (tertiary/aromatic N) is 5. The highest BCUT2D eigenvalue weighted by Gasteiger charge is 2.28. The summed E-state index contributed by atoms with van der Waals surface area (Å²) in [6.07, 6.45) is 5.61. The number of carbonyl (C=O) groups is 1. The van der Waals surface area contributed by atoms with Crippen LogP contribution in [-0.2, 0) is 4.79 Å². The number of para-hydroxylation sites is 1. The third kappa shape index (κ3) is 4.57. The van der Waals surface area contributed by atoms with Gasteiger partial charge in [0.1, 0.15) is 23.6 Å². The van der Waals surface area contributed by atoms with Gasteiger partial charge in [0.15, 0.2) is 5.65 Å². The molecule has 1 aliphatic heterocycles. The average Bonchev–Trinajstić information content (AvgIpc) is 3.48. The van der Waals surface area contributed by atoms with Crippen LogP contribution in [0.1, 0.15) is 26.7 Å². The van der Waals surface area contributed by atoms with E-state index in [9.17, 15) is 4.79 Å². The summed E-state index contributed by atoms with van der Waals surface area (Å²) < 4.78 is 7.78. The second kappa shape index (κ2) is 9.76. The van der Waals surface area contributed by atoms with Crippen LogP contribution in [-0.4, -0.2) is 51.1 Å². The van der Waals surface area contributed by atoms with Crippen molar-refractivity contribution in [1.82, 2.24) is 19.5 Å². The number of hydrogen-bond acceptors (Lipinski definition) is 6. The molecule has 2 N–H and O–H groups in total. The van der Waals surface area contributed by atoms with Crippen molar-refractivity contribution in [3.05, 3.63) is 67.1 Å². The van der Waals surface area contributed by atoms with Crippen LogP contribution in [0.2, 0.25) is 0 Å². The summed E-state index contributed by atoms with van der Waals surface area (Å²) in [7, 11) is 0. The van der Waals surface area contributed by atoms with Crippen LogP contribution in [0.15, 0.2) is 67.1 Å². The van der Waals surface area contributed by atoms with E-state index in [1.807, 2.05) is 65.5 Å². The first kappa shape index (κ1) is 22.9. The zero-order valence-electron chi connectivity index (χ0n) is 20.1. The van der Waals surface area contributed by atoms with Gasteiger partial charge in [-0.25, -0.2) is 19.7 Å². The molecule has 180 valence electrons. The van der Waals surface area contributed by atoms with E-state index in [1.165, 1.54) is 6.33 Å². The maximum Gasteiger partial charge on any atom is 0.238 e. The van der Waals surface area contributed by atoms with E-state index < -0.39 is 0 Å². The molecule has 35 heavy (non-hydrogen) atoms. The second-order valence-corrected chi connectivity index (χ2v) is 8.81. The molecule has 1 aliphatic rings. The molecule has 2 aromatic heterocycles. The van der Waals surface area contributed by atoms with Gasteiger partial charge in [0.25, 0.3) is 0 Å². The minimum absolute atomic E-state index is 0.0415. The van der Waals surface area contributed by atoms with Crippen molar-refractivity contribution in [2.75, 3.05) is 30.4 Å². The number of likely N-dealkylation sites (tertiary alicyclic amines) is 1. The largest absolute Gasteiger partial charge is 0.457 e. The summed E-state index contributed by atoms with van der Waals surface area (Å²) in [5.41, 5.74) is 8.75. The Morgan fingerprint density at radius 1 is 1.11 bits per heavy atom. The van der Waals surface area contributed by atoms with Crippen molar-refractivity contribution >= 4 is 22.8 Å². The number of rotatable bonds is 7. The number of benzene rings is 2. The molecule has 1 atom stereocenters. The van der Waals surface area contributed by atoms with Gasteiger partial charge >= 0.3 is 0 Å². The van der Waals surface area contributed by atoms with Crippen molar-refractivity contribution in [3.63, 3.8) is 0 Å². The quantitative estimate of drug-likeness (QED) is 0.429. The van der Waals surface area contributed by atoms with Crippen LogP contribution >= 0.6 is 0 Å². The van der Waals surface area contributed by atoms with Crippen LogP contribution in [0.3, 0.4) is 0 Å². The fourth-order valence-corrected chi connectivity index (χ4v) is 4.89. The Kier molecular flexibility index (Phi) is 6.37. The highest BCUT2D eigenvalue weighted by Crippen LogP contribution is 2.34. The molecular weight excluding hydrogens is 440 g/mol. The minimum atomic E-state index is -0.0415. The number of likely N-dealkylation sites (N-methyl/N-ethyl adjacent to an activating group) is 1. The fourth-order valence-electron chi connectivity index (χ4n) is 4.89. The van der Waals surface area contributed by atoms with E-state index in [4.69, 9.17) is 10.5 Å². The summed E-state index contributed by atoms with van der Waals surface area (Å²) in [5, 5.41) is 2.50. The van der Waals surface area contributed by atoms with Gasteiger partial charge in [0, 0.05) is 24.7 Å². The zero-order valence-corrected chi connectivity index (χ0v) is 20.1. The lowest BCUT2D eigenvalue weighted by Gasteiger charge is -2.30. The molecule has 8 heteroatoms. The van der Waals surface area contributed by atoms with Crippen LogP contribution < -0.4 is 15.5 Å². The number of ether oxygens (including phenoxy) is 1. The maximum atomic E-state index is 12.8. The van der Waals surface area contributed by atoms with Gasteiger partial charge in [0.05, 0.1) is 11.9 Å². The van der Waals surface area contributed by atoms with Gasteiger partial charge in [-0.3, -0.25) is 9.69 Å². The van der Waals surface area contributed by atoms with Crippen LogP contribution in [0.25, 0.3) is 22.2 Å².